The highest BCUT2D eigenvalue weighted by Gasteiger charge is 2.42. The van der Waals surface area contributed by atoms with E-state index in [2.05, 4.69) is 17.2 Å². The normalized spacial score (nSPS) is 27.7. The number of nitrogens with one attached hydrogen (secondary N) is 1. The molecule has 3 fully saturated rings. The number of carbonyl (C=O) groups is 2. The summed E-state index contributed by atoms with van der Waals surface area (Å²) >= 11 is 1.43. The van der Waals surface area contributed by atoms with Crippen LogP contribution in [0.15, 0.2) is 23.4 Å². The molecule has 2 heterocycles. The summed E-state index contributed by atoms with van der Waals surface area (Å²) in [6.45, 7) is 3.84. The van der Waals surface area contributed by atoms with E-state index >= 15 is 0 Å². The third kappa shape index (κ3) is 4.31. The second-order valence-electron chi connectivity index (χ2n) is 8.37. The third-order valence-electron chi connectivity index (χ3n) is 6.55. The van der Waals surface area contributed by atoms with E-state index < -0.39 is 0 Å². The highest BCUT2D eigenvalue weighted by Crippen LogP contribution is 2.49. The number of fused-ring (bicyclic) bond motifs is 2. The van der Waals surface area contributed by atoms with Crippen LogP contribution in [0.2, 0.25) is 0 Å². The molecule has 146 valence electrons. The molecule has 5 nitrogen and oxygen atoms in total. The van der Waals surface area contributed by atoms with Crippen LogP contribution < -0.4 is 5.32 Å². The predicted molar refractivity (Wildman–Crippen MR) is 107 cm³/mol. The molecule has 1 aromatic heterocycles. The predicted octanol–water partition coefficient (Wildman–Crippen LogP) is 3.35. The molecule has 4 rings (SSSR count). The van der Waals surface area contributed by atoms with Crippen LogP contribution in [0.5, 0.6) is 0 Å². The molecule has 4 unspecified atom stereocenters. The Morgan fingerprint density at radius 3 is 2.70 bits per heavy atom. The van der Waals surface area contributed by atoms with Gasteiger partial charge in [0, 0.05) is 25.3 Å². The van der Waals surface area contributed by atoms with Crippen molar-refractivity contribution in [3.8, 4) is 0 Å². The zero-order chi connectivity index (χ0) is 18.8. The van der Waals surface area contributed by atoms with E-state index in [0.717, 1.165) is 42.8 Å². The lowest BCUT2D eigenvalue weighted by molar-refractivity contribution is -0.119. The van der Waals surface area contributed by atoms with Crippen LogP contribution >= 0.6 is 11.8 Å². The Morgan fingerprint density at radius 2 is 2.07 bits per heavy atom. The SMILES string of the molecule is CC(NC(=O)CSc1ccc(C(=O)N2CCCC2)cn1)C1CC2CCC1C2. The first-order chi connectivity index (χ1) is 13.1. The summed E-state index contributed by atoms with van der Waals surface area (Å²) in [6, 6.07) is 3.94. The van der Waals surface area contributed by atoms with Crippen molar-refractivity contribution in [2.45, 2.75) is 56.5 Å². The molecule has 1 saturated heterocycles. The number of carbonyl (C=O) groups excluding carboxylic acids is 2. The molecule has 3 aliphatic rings. The average Bonchev–Trinajstić information content (AvgIpc) is 3.44. The molecule has 1 aliphatic heterocycles. The summed E-state index contributed by atoms with van der Waals surface area (Å²) < 4.78 is 0. The standard InChI is InChI=1S/C21H29N3O2S/c1-14(18-11-15-4-5-16(18)10-15)23-19(25)13-27-20-7-6-17(12-22-20)21(26)24-8-2-3-9-24/h6-7,12,14-16,18H,2-5,8-11,13H2,1H3,(H,23,25). The lowest BCUT2D eigenvalue weighted by Crippen LogP contribution is -2.40. The molecule has 0 spiro atoms. The second kappa shape index (κ2) is 8.21. The van der Waals surface area contributed by atoms with Crippen LogP contribution in [0, 0.1) is 17.8 Å². The van der Waals surface area contributed by atoms with Gasteiger partial charge in [0.05, 0.1) is 16.3 Å². The molecule has 2 amide bonds. The van der Waals surface area contributed by atoms with Crippen LogP contribution in [-0.4, -0.2) is 46.6 Å². The van der Waals surface area contributed by atoms with E-state index in [1.807, 2.05) is 17.0 Å². The molecule has 1 N–H and O–H groups in total. The molecule has 0 aromatic carbocycles. The summed E-state index contributed by atoms with van der Waals surface area (Å²) in [4.78, 5) is 30.9. The highest BCUT2D eigenvalue weighted by atomic mass is 32.2. The fourth-order valence-electron chi connectivity index (χ4n) is 5.14. The summed E-state index contributed by atoms with van der Waals surface area (Å²) in [5, 5.41) is 3.98. The Balaban J connectivity index is 1.23. The first kappa shape index (κ1) is 18.8. The van der Waals surface area contributed by atoms with Gasteiger partial charge in [0.1, 0.15) is 0 Å². The summed E-state index contributed by atoms with van der Waals surface area (Å²) in [6.07, 6.45) is 9.19. The Kier molecular flexibility index (Phi) is 5.71. The number of thioether (sulfide) groups is 1. The number of nitrogens with zero attached hydrogens (tertiary/aromatic N) is 2. The average molecular weight is 388 g/mol. The van der Waals surface area contributed by atoms with Gasteiger partial charge in [-0.15, -0.1) is 0 Å². The molecule has 2 aliphatic carbocycles. The topological polar surface area (TPSA) is 62.3 Å². The van der Waals surface area contributed by atoms with Crippen LogP contribution in [0.4, 0.5) is 0 Å². The number of hydrogen-bond acceptors (Lipinski definition) is 4. The van der Waals surface area contributed by atoms with E-state index in [0.29, 0.717) is 17.2 Å². The van der Waals surface area contributed by atoms with Gasteiger partial charge >= 0.3 is 0 Å². The number of rotatable bonds is 6. The Labute approximate surface area is 165 Å². The molecule has 2 saturated carbocycles. The number of pyridine rings is 1. The van der Waals surface area contributed by atoms with Crippen molar-refractivity contribution in [3.05, 3.63) is 23.9 Å². The minimum atomic E-state index is 0.0639. The quantitative estimate of drug-likeness (QED) is 0.761. The molecular formula is C21H29N3O2S. The van der Waals surface area contributed by atoms with Crippen molar-refractivity contribution in [2.24, 2.45) is 17.8 Å². The van der Waals surface area contributed by atoms with Crippen LogP contribution in [0.25, 0.3) is 0 Å². The molecule has 0 radical (unpaired) electrons. The van der Waals surface area contributed by atoms with Gasteiger partial charge in [0.2, 0.25) is 5.91 Å². The largest absolute Gasteiger partial charge is 0.353 e. The first-order valence-electron chi connectivity index (χ1n) is 10.3. The lowest BCUT2D eigenvalue weighted by Gasteiger charge is -2.28. The molecule has 2 bridgehead atoms. The smallest absolute Gasteiger partial charge is 0.255 e. The fraction of sp³-hybridized carbons (Fsp3) is 0.667. The minimum absolute atomic E-state index is 0.0639. The minimum Gasteiger partial charge on any atom is -0.353 e. The number of hydrogen-bond donors (Lipinski definition) is 1. The van der Waals surface area contributed by atoms with Gasteiger partial charge in [-0.05, 0) is 68.9 Å². The Bertz CT molecular complexity index is 687. The van der Waals surface area contributed by atoms with Crippen molar-refractivity contribution in [2.75, 3.05) is 18.8 Å². The van der Waals surface area contributed by atoms with Crippen molar-refractivity contribution in [1.29, 1.82) is 0 Å². The fourth-order valence-corrected chi connectivity index (χ4v) is 5.80. The van der Waals surface area contributed by atoms with Crippen molar-refractivity contribution in [1.82, 2.24) is 15.2 Å². The van der Waals surface area contributed by atoms with Gasteiger partial charge in [0.25, 0.3) is 5.91 Å². The summed E-state index contributed by atoms with van der Waals surface area (Å²) in [7, 11) is 0. The Morgan fingerprint density at radius 1 is 1.26 bits per heavy atom. The van der Waals surface area contributed by atoms with Gasteiger partial charge in [-0.25, -0.2) is 4.98 Å². The van der Waals surface area contributed by atoms with Gasteiger partial charge in [-0.1, -0.05) is 18.2 Å². The number of amides is 2. The maximum Gasteiger partial charge on any atom is 0.255 e. The van der Waals surface area contributed by atoms with Gasteiger partial charge in [-0.2, -0.15) is 0 Å². The maximum atomic E-state index is 12.3. The lowest BCUT2D eigenvalue weighted by atomic mass is 9.84. The monoisotopic (exact) mass is 387 g/mol. The van der Waals surface area contributed by atoms with Crippen LogP contribution in [-0.2, 0) is 4.79 Å². The van der Waals surface area contributed by atoms with E-state index in [1.165, 1.54) is 37.4 Å². The Hall–Kier alpha value is -1.56. The highest BCUT2D eigenvalue weighted by molar-refractivity contribution is 7.99. The second-order valence-corrected chi connectivity index (χ2v) is 9.36. The zero-order valence-electron chi connectivity index (χ0n) is 16.0. The van der Waals surface area contributed by atoms with Crippen molar-refractivity contribution >= 4 is 23.6 Å². The maximum absolute atomic E-state index is 12.3. The number of aromatic nitrogens is 1. The summed E-state index contributed by atoms with van der Waals surface area (Å²) in [5.74, 6) is 2.90. The molecule has 1 aromatic rings. The van der Waals surface area contributed by atoms with E-state index in [-0.39, 0.29) is 17.9 Å². The zero-order valence-corrected chi connectivity index (χ0v) is 16.8. The third-order valence-corrected chi connectivity index (χ3v) is 7.50. The van der Waals surface area contributed by atoms with Gasteiger partial charge in [0.15, 0.2) is 0 Å². The van der Waals surface area contributed by atoms with Crippen LogP contribution in [0.3, 0.4) is 0 Å². The summed E-state index contributed by atoms with van der Waals surface area (Å²) in [5.41, 5.74) is 0.635. The van der Waals surface area contributed by atoms with Crippen molar-refractivity contribution < 1.29 is 9.59 Å². The van der Waals surface area contributed by atoms with Gasteiger partial charge in [-0.3, -0.25) is 9.59 Å². The van der Waals surface area contributed by atoms with Gasteiger partial charge < -0.3 is 10.2 Å². The van der Waals surface area contributed by atoms with E-state index in [1.54, 1.807) is 6.20 Å². The number of likely N-dealkylation sites (tertiary alicyclic amines) is 1. The van der Waals surface area contributed by atoms with E-state index in [4.69, 9.17) is 0 Å². The first-order valence-corrected chi connectivity index (χ1v) is 11.3. The van der Waals surface area contributed by atoms with E-state index in [9.17, 15) is 9.59 Å². The van der Waals surface area contributed by atoms with Crippen molar-refractivity contribution in [3.63, 3.8) is 0 Å². The molecule has 6 heteroatoms. The molecule has 27 heavy (non-hydrogen) atoms. The molecule has 4 atom stereocenters. The molecular weight excluding hydrogens is 358 g/mol. The van der Waals surface area contributed by atoms with Crippen LogP contribution in [0.1, 0.15) is 55.8 Å².